The van der Waals surface area contributed by atoms with Gasteiger partial charge in [-0.1, -0.05) is 13.8 Å². The maximum atomic E-state index is 12.1. The van der Waals surface area contributed by atoms with E-state index in [0.717, 1.165) is 22.8 Å². The zero-order valence-corrected chi connectivity index (χ0v) is 15.8. The molecule has 1 aromatic heterocycles. The number of nitrogens with zero attached hydrogens (tertiary/aromatic N) is 1. The van der Waals surface area contributed by atoms with E-state index in [9.17, 15) is 4.79 Å². The average Bonchev–Trinajstić information content (AvgIpc) is 3.02. The highest BCUT2D eigenvalue weighted by Gasteiger charge is 2.17. The zero-order valence-electron chi connectivity index (χ0n) is 14.2. The second kappa shape index (κ2) is 8.51. The lowest BCUT2D eigenvalue weighted by Gasteiger charge is -2.18. The van der Waals surface area contributed by atoms with Crippen LogP contribution < -0.4 is 20.5 Å². The summed E-state index contributed by atoms with van der Waals surface area (Å²) >= 11 is 1.38. The Hall–Kier alpha value is -1.83. The van der Waals surface area contributed by atoms with Gasteiger partial charge in [-0.3, -0.25) is 4.79 Å². The number of nitrogens with two attached hydrogens (primary N) is 1. The van der Waals surface area contributed by atoms with Crippen LogP contribution in [0.5, 0.6) is 11.5 Å². The number of aromatic nitrogens is 1. The number of fused-ring (bicyclic) bond motifs is 1. The molecule has 2 aromatic rings. The van der Waals surface area contributed by atoms with Gasteiger partial charge in [-0.25, -0.2) is 4.98 Å². The molecule has 0 radical (unpaired) electrons. The molecule has 136 valence electrons. The molecule has 1 aliphatic rings. The van der Waals surface area contributed by atoms with E-state index >= 15 is 0 Å². The molecule has 6 nitrogen and oxygen atoms in total. The van der Waals surface area contributed by atoms with Crippen molar-refractivity contribution in [2.24, 2.45) is 11.7 Å². The van der Waals surface area contributed by atoms with Crippen LogP contribution >= 0.6 is 23.7 Å². The van der Waals surface area contributed by atoms with Crippen molar-refractivity contribution >= 4 is 34.8 Å². The Kier molecular flexibility index (Phi) is 6.64. The van der Waals surface area contributed by atoms with Crippen molar-refractivity contribution in [1.29, 1.82) is 0 Å². The van der Waals surface area contributed by atoms with Gasteiger partial charge >= 0.3 is 0 Å². The molecule has 1 aromatic carbocycles. The molecule has 0 unspecified atom stereocenters. The van der Waals surface area contributed by atoms with Crippen molar-refractivity contribution < 1.29 is 14.3 Å². The van der Waals surface area contributed by atoms with Crippen LogP contribution in [0.1, 0.15) is 20.3 Å². The molecule has 3 rings (SSSR count). The molecule has 1 atom stereocenters. The Morgan fingerprint density at radius 3 is 2.76 bits per heavy atom. The minimum Gasteiger partial charge on any atom is -0.486 e. The molecule has 0 saturated carbocycles. The number of rotatable bonds is 5. The number of hydrogen-bond acceptors (Lipinski definition) is 6. The fraction of sp³-hybridized carbons (Fsp3) is 0.412. The maximum Gasteiger partial charge on any atom is 0.243 e. The molecular formula is C17H22ClN3O3S. The van der Waals surface area contributed by atoms with Crippen molar-refractivity contribution in [2.45, 2.75) is 26.3 Å². The molecule has 0 aliphatic carbocycles. The van der Waals surface area contributed by atoms with Gasteiger partial charge in [-0.05, 0) is 30.5 Å². The van der Waals surface area contributed by atoms with Crippen LogP contribution in [0.3, 0.4) is 0 Å². The predicted molar refractivity (Wildman–Crippen MR) is 102 cm³/mol. The lowest BCUT2D eigenvalue weighted by atomic mass is 10.0. The van der Waals surface area contributed by atoms with Crippen molar-refractivity contribution in [1.82, 2.24) is 4.98 Å². The van der Waals surface area contributed by atoms with Gasteiger partial charge in [-0.15, -0.1) is 23.7 Å². The summed E-state index contributed by atoms with van der Waals surface area (Å²) in [7, 11) is 0. The van der Waals surface area contributed by atoms with E-state index in [2.05, 4.69) is 10.3 Å². The van der Waals surface area contributed by atoms with Crippen LogP contribution in [0.15, 0.2) is 23.6 Å². The van der Waals surface area contributed by atoms with Crippen LogP contribution in [0.25, 0.3) is 11.3 Å². The molecule has 0 fully saturated rings. The van der Waals surface area contributed by atoms with E-state index < -0.39 is 6.04 Å². The summed E-state index contributed by atoms with van der Waals surface area (Å²) < 4.78 is 11.1. The molecule has 8 heteroatoms. The number of carbonyl (C=O) groups excluding carboxylic acids is 1. The van der Waals surface area contributed by atoms with Crippen molar-refractivity contribution in [3.05, 3.63) is 23.6 Å². The van der Waals surface area contributed by atoms with Gasteiger partial charge in [0.2, 0.25) is 5.91 Å². The van der Waals surface area contributed by atoms with Gasteiger partial charge in [0.1, 0.15) is 13.2 Å². The van der Waals surface area contributed by atoms with Crippen molar-refractivity contribution in [3.63, 3.8) is 0 Å². The monoisotopic (exact) mass is 383 g/mol. The van der Waals surface area contributed by atoms with Crippen LogP contribution in [0.2, 0.25) is 0 Å². The number of hydrogen-bond donors (Lipinski definition) is 2. The molecule has 2 heterocycles. The third kappa shape index (κ3) is 4.84. The maximum absolute atomic E-state index is 12.1. The van der Waals surface area contributed by atoms with E-state index in [4.69, 9.17) is 15.2 Å². The van der Waals surface area contributed by atoms with E-state index in [1.165, 1.54) is 11.3 Å². The third-order valence-corrected chi connectivity index (χ3v) is 4.39. The second-order valence-electron chi connectivity index (χ2n) is 6.12. The topological polar surface area (TPSA) is 86.5 Å². The highest BCUT2D eigenvalue weighted by atomic mass is 35.5. The van der Waals surface area contributed by atoms with Gasteiger partial charge in [0.25, 0.3) is 0 Å². The Bertz CT molecular complexity index is 736. The first-order valence-electron chi connectivity index (χ1n) is 7.95. The Labute approximate surface area is 157 Å². The molecule has 0 bridgehead atoms. The fourth-order valence-electron chi connectivity index (χ4n) is 2.48. The number of halogens is 1. The van der Waals surface area contributed by atoms with E-state index in [0.29, 0.717) is 30.7 Å². The number of amides is 1. The van der Waals surface area contributed by atoms with Gasteiger partial charge in [0.05, 0.1) is 11.7 Å². The Balaban J connectivity index is 0.00000225. The summed E-state index contributed by atoms with van der Waals surface area (Å²) in [4.78, 5) is 16.5. The molecule has 1 aliphatic heterocycles. The zero-order chi connectivity index (χ0) is 17.1. The van der Waals surface area contributed by atoms with E-state index in [1.807, 2.05) is 37.4 Å². The molecule has 0 saturated heterocycles. The normalized spacial score (nSPS) is 13.9. The largest absolute Gasteiger partial charge is 0.486 e. The summed E-state index contributed by atoms with van der Waals surface area (Å²) in [5.74, 6) is 1.63. The lowest BCUT2D eigenvalue weighted by Crippen LogP contribution is -2.36. The summed E-state index contributed by atoms with van der Waals surface area (Å²) in [6.07, 6.45) is 0.645. The first kappa shape index (κ1) is 19.5. The Morgan fingerprint density at radius 2 is 2.04 bits per heavy atom. The van der Waals surface area contributed by atoms with Gasteiger partial charge < -0.3 is 20.5 Å². The highest BCUT2D eigenvalue weighted by molar-refractivity contribution is 7.14. The van der Waals surface area contributed by atoms with E-state index in [-0.39, 0.29) is 18.3 Å². The summed E-state index contributed by atoms with van der Waals surface area (Å²) in [5.41, 5.74) is 7.60. The second-order valence-corrected chi connectivity index (χ2v) is 6.98. The molecule has 25 heavy (non-hydrogen) atoms. The van der Waals surface area contributed by atoms with Crippen LogP contribution in [-0.4, -0.2) is 30.1 Å². The minimum absolute atomic E-state index is 0. The summed E-state index contributed by atoms with van der Waals surface area (Å²) in [5, 5.41) is 5.23. The summed E-state index contributed by atoms with van der Waals surface area (Å²) in [6.45, 7) is 5.19. The number of nitrogens with one attached hydrogen (secondary N) is 1. The standard InChI is InChI=1S/C17H21N3O3S.ClH/c1-10(2)7-12(18)16(21)20-17-19-13(9-24-17)11-3-4-14-15(8-11)23-6-5-22-14;/h3-4,8-10,12H,5-7,18H2,1-2H3,(H,19,20,21);1H/t12-;/m0./s1. The first-order chi connectivity index (χ1) is 11.5. The molecule has 3 N–H and O–H groups in total. The van der Waals surface area contributed by atoms with E-state index in [1.54, 1.807) is 0 Å². The average molecular weight is 384 g/mol. The SMILES string of the molecule is CC(C)C[C@H](N)C(=O)Nc1nc(-c2ccc3c(c2)OCCO3)cs1.Cl. The third-order valence-electron chi connectivity index (χ3n) is 3.63. The van der Waals surface area contributed by atoms with Crippen LogP contribution in [0.4, 0.5) is 5.13 Å². The predicted octanol–water partition coefficient (Wildman–Crippen LogP) is 3.32. The highest BCUT2D eigenvalue weighted by Crippen LogP contribution is 2.35. The number of thiazole rings is 1. The minimum atomic E-state index is -0.522. The number of ether oxygens (including phenoxy) is 2. The number of anilines is 1. The lowest BCUT2D eigenvalue weighted by molar-refractivity contribution is -0.117. The van der Waals surface area contributed by atoms with Crippen molar-refractivity contribution in [3.8, 4) is 22.8 Å². The number of benzene rings is 1. The summed E-state index contributed by atoms with van der Waals surface area (Å²) in [6, 6.07) is 5.19. The number of carbonyl (C=O) groups is 1. The fourth-order valence-corrected chi connectivity index (χ4v) is 3.20. The van der Waals surface area contributed by atoms with Crippen LogP contribution in [-0.2, 0) is 4.79 Å². The smallest absolute Gasteiger partial charge is 0.243 e. The molecule has 1 amide bonds. The van der Waals surface area contributed by atoms with Gasteiger partial charge in [0.15, 0.2) is 16.6 Å². The first-order valence-corrected chi connectivity index (χ1v) is 8.83. The van der Waals surface area contributed by atoms with Crippen LogP contribution in [0, 0.1) is 5.92 Å². The van der Waals surface area contributed by atoms with Gasteiger partial charge in [-0.2, -0.15) is 0 Å². The molecule has 0 spiro atoms. The molecular weight excluding hydrogens is 362 g/mol. The van der Waals surface area contributed by atoms with Crippen molar-refractivity contribution in [2.75, 3.05) is 18.5 Å². The van der Waals surface area contributed by atoms with Gasteiger partial charge in [0, 0.05) is 10.9 Å². The quantitative estimate of drug-likeness (QED) is 0.827. The Morgan fingerprint density at radius 1 is 1.32 bits per heavy atom.